The number of nitro benzene ring substituents is 1. The summed E-state index contributed by atoms with van der Waals surface area (Å²) >= 11 is 1.25. The molecule has 0 bridgehead atoms. The van der Waals surface area contributed by atoms with Crippen molar-refractivity contribution in [2.45, 2.75) is 23.1 Å². The van der Waals surface area contributed by atoms with Crippen LogP contribution in [0.3, 0.4) is 0 Å². The van der Waals surface area contributed by atoms with E-state index in [-0.39, 0.29) is 6.61 Å². The molecule has 1 aromatic carbocycles. The first-order valence-corrected chi connectivity index (χ1v) is 8.60. The van der Waals surface area contributed by atoms with Gasteiger partial charge in [0, 0.05) is 23.4 Å². The average Bonchev–Trinajstić information content (AvgIpc) is 2.39. The molecule has 2 N–H and O–H groups in total. The van der Waals surface area contributed by atoms with Crippen LogP contribution in [0.15, 0.2) is 23.1 Å². The van der Waals surface area contributed by atoms with Crippen LogP contribution < -0.4 is 4.72 Å². The van der Waals surface area contributed by atoms with Crippen molar-refractivity contribution >= 4 is 27.5 Å². The lowest BCUT2D eigenvalue weighted by Gasteiger charge is -2.21. The summed E-state index contributed by atoms with van der Waals surface area (Å²) in [5.41, 5.74) is -0.520. The number of aliphatic hydroxyl groups excluding tert-OH is 1. The van der Waals surface area contributed by atoms with Crippen LogP contribution in [-0.4, -0.2) is 42.6 Å². The molecule has 0 fully saturated rings. The number of hydrogen-bond donors (Lipinski definition) is 2. The van der Waals surface area contributed by atoms with E-state index in [9.17, 15) is 22.9 Å². The quantitative estimate of drug-likeness (QED) is 0.569. The number of nitrogens with zero attached hydrogens (tertiary/aromatic N) is 1. The van der Waals surface area contributed by atoms with Gasteiger partial charge in [-0.1, -0.05) is 0 Å². The Morgan fingerprint density at radius 1 is 1.52 bits per heavy atom. The molecule has 2 atom stereocenters. The van der Waals surface area contributed by atoms with Crippen molar-refractivity contribution < 1.29 is 22.8 Å². The Bertz CT molecular complexity index is 619. The van der Waals surface area contributed by atoms with E-state index < -0.39 is 42.6 Å². The van der Waals surface area contributed by atoms with Crippen LogP contribution in [0.1, 0.15) is 6.92 Å². The summed E-state index contributed by atoms with van der Waals surface area (Å²) in [6.45, 7) is 1.26. The number of non-ortho nitro benzene ring substituents is 1. The van der Waals surface area contributed by atoms with Gasteiger partial charge in [-0.05, 0) is 19.2 Å². The Labute approximate surface area is 125 Å². The van der Waals surface area contributed by atoms with E-state index in [1.165, 1.54) is 18.7 Å². The molecule has 0 heterocycles. The molecule has 10 heteroatoms. The van der Waals surface area contributed by atoms with Crippen LogP contribution in [0.25, 0.3) is 0 Å². The van der Waals surface area contributed by atoms with Crippen molar-refractivity contribution in [1.29, 1.82) is 0 Å². The van der Waals surface area contributed by atoms with Gasteiger partial charge in [0.05, 0.1) is 11.5 Å². The number of sulfonamides is 1. The Balaban J connectivity index is 3.13. The van der Waals surface area contributed by atoms with E-state index in [0.717, 1.165) is 12.1 Å². The number of thioether (sulfide) groups is 1. The second-order valence-corrected chi connectivity index (χ2v) is 7.00. The fourth-order valence-electron chi connectivity index (χ4n) is 1.63. The molecule has 0 aliphatic rings. The summed E-state index contributed by atoms with van der Waals surface area (Å²) in [4.78, 5) is 9.05. The van der Waals surface area contributed by atoms with Crippen LogP contribution in [-0.2, 0) is 10.0 Å². The molecule has 1 aromatic rings. The molecular weight excluding hydrogens is 323 g/mol. The maximum atomic E-state index is 13.6. The van der Waals surface area contributed by atoms with E-state index in [4.69, 9.17) is 5.11 Å². The van der Waals surface area contributed by atoms with Crippen molar-refractivity contribution in [3.8, 4) is 0 Å². The molecule has 21 heavy (non-hydrogen) atoms. The van der Waals surface area contributed by atoms with Gasteiger partial charge in [-0.2, -0.15) is 11.8 Å². The topological polar surface area (TPSA) is 110 Å². The minimum Gasteiger partial charge on any atom is -0.395 e. The third kappa shape index (κ3) is 4.37. The Hall–Kier alpha value is -1.23. The minimum atomic E-state index is -4.27. The molecule has 0 aliphatic carbocycles. The monoisotopic (exact) mass is 338 g/mol. The van der Waals surface area contributed by atoms with Gasteiger partial charge in [0.15, 0.2) is 0 Å². The molecule has 118 valence electrons. The first-order chi connectivity index (χ1) is 9.72. The van der Waals surface area contributed by atoms with Gasteiger partial charge in [0.25, 0.3) is 5.69 Å². The van der Waals surface area contributed by atoms with Gasteiger partial charge in [-0.25, -0.2) is 17.5 Å². The Kier molecular flexibility index (Phi) is 6.08. The number of hydrogen-bond acceptors (Lipinski definition) is 6. The lowest BCUT2D eigenvalue weighted by molar-refractivity contribution is -0.385. The van der Waals surface area contributed by atoms with Crippen LogP contribution in [0.2, 0.25) is 0 Å². The summed E-state index contributed by atoms with van der Waals surface area (Å²) in [7, 11) is -4.27. The number of nitro groups is 1. The average molecular weight is 338 g/mol. The largest absolute Gasteiger partial charge is 0.395 e. The minimum absolute atomic E-state index is 0.262. The van der Waals surface area contributed by atoms with E-state index in [0.29, 0.717) is 6.07 Å². The maximum absolute atomic E-state index is 13.6. The maximum Gasteiger partial charge on any atom is 0.270 e. The van der Waals surface area contributed by atoms with Crippen molar-refractivity contribution in [3.05, 3.63) is 34.1 Å². The van der Waals surface area contributed by atoms with Gasteiger partial charge < -0.3 is 5.11 Å². The summed E-state index contributed by atoms with van der Waals surface area (Å²) in [6, 6.07) is 1.61. The third-order valence-corrected chi connectivity index (χ3v) is 5.53. The van der Waals surface area contributed by atoms with Crippen LogP contribution in [0.4, 0.5) is 10.1 Å². The van der Waals surface area contributed by atoms with E-state index >= 15 is 0 Å². The zero-order chi connectivity index (χ0) is 16.2. The van der Waals surface area contributed by atoms with E-state index in [1.54, 1.807) is 6.26 Å². The number of benzene rings is 1. The van der Waals surface area contributed by atoms with Gasteiger partial charge in [0.1, 0.15) is 10.7 Å². The molecule has 0 radical (unpaired) electrons. The highest BCUT2D eigenvalue weighted by Gasteiger charge is 2.27. The lowest BCUT2D eigenvalue weighted by Crippen LogP contribution is -2.41. The number of nitrogens with one attached hydrogen (secondary N) is 1. The first-order valence-electron chi connectivity index (χ1n) is 5.83. The Morgan fingerprint density at radius 3 is 2.62 bits per heavy atom. The van der Waals surface area contributed by atoms with Crippen molar-refractivity contribution in [1.82, 2.24) is 4.72 Å². The summed E-state index contributed by atoms with van der Waals surface area (Å²) in [5.74, 6) is -1.08. The van der Waals surface area contributed by atoms with Crippen LogP contribution in [0.5, 0.6) is 0 Å². The van der Waals surface area contributed by atoms with Gasteiger partial charge in [-0.15, -0.1) is 0 Å². The molecule has 0 aliphatic heterocycles. The van der Waals surface area contributed by atoms with Gasteiger partial charge >= 0.3 is 0 Å². The fraction of sp³-hybridized carbons (Fsp3) is 0.455. The van der Waals surface area contributed by atoms with E-state index in [2.05, 4.69) is 4.72 Å². The highest BCUT2D eigenvalue weighted by molar-refractivity contribution is 7.99. The Morgan fingerprint density at radius 2 is 2.14 bits per heavy atom. The third-order valence-electron chi connectivity index (χ3n) is 2.80. The molecule has 0 saturated carbocycles. The summed E-state index contributed by atoms with van der Waals surface area (Å²) in [6.07, 6.45) is 1.69. The first kappa shape index (κ1) is 17.8. The molecule has 0 amide bonds. The second-order valence-electron chi connectivity index (χ2n) is 4.24. The fourth-order valence-corrected chi connectivity index (χ4v) is 3.73. The SMILES string of the molecule is CSC(CO)C(C)NS(=O)(=O)c1cc([N+](=O)[O-])ccc1F. The van der Waals surface area contributed by atoms with Crippen molar-refractivity contribution in [2.24, 2.45) is 0 Å². The van der Waals surface area contributed by atoms with Crippen molar-refractivity contribution in [3.63, 3.8) is 0 Å². The molecule has 2 unspecified atom stereocenters. The normalized spacial score (nSPS) is 14.7. The van der Waals surface area contributed by atoms with E-state index in [1.807, 2.05) is 0 Å². The molecule has 1 rings (SSSR count). The lowest BCUT2D eigenvalue weighted by atomic mass is 10.3. The number of rotatable bonds is 7. The standard InChI is InChI=1S/C11H15FN2O5S2/c1-7(10(6-15)20-2)13-21(18,19)11-5-8(14(16)17)3-4-9(11)12/h3-5,7,10,13,15H,6H2,1-2H3. The molecule has 0 aromatic heterocycles. The predicted octanol–water partition coefficient (Wildman–Crippen LogP) is 1.12. The number of aliphatic hydroxyl groups is 1. The summed E-state index contributed by atoms with van der Waals surface area (Å²) < 4.78 is 40.1. The smallest absolute Gasteiger partial charge is 0.270 e. The predicted molar refractivity (Wildman–Crippen MR) is 77.2 cm³/mol. The summed E-state index contributed by atoms with van der Waals surface area (Å²) in [5, 5.41) is 19.3. The van der Waals surface area contributed by atoms with Crippen LogP contribution >= 0.6 is 11.8 Å². The molecular formula is C11H15FN2O5S2. The zero-order valence-corrected chi connectivity index (χ0v) is 12.9. The van der Waals surface area contributed by atoms with Gasteiger partial charge in [0.2, 0.25) is 10.0 Å². The molecule has 0 spiro atoms. The highest BCUT2D eigenvalue weighted by atomic mass is 32.2. The van der Waals surface area contributed by atoms with Gasteiger partial charge in [-0.3, -0.25) is 10.1 Å². The number of halogens is 1. The van der Waals surface area contributed by atoms with Crippen molar-refractivity contribution in [2.75, 3.05) is 12.9 Å². The van der Waals surface area contributed by atoms with Crippen LogP contribution in [0, 0.1) is 15.9 Å². The zero-order valence-electron chi connectivity index (χ0n) is 11.3. The molecule has 7 nitrogen and oxygen atoms in total. The highest BCUT2D eigenvalue weighted by Crippen LogP contribution is 2.22. The second kappa shape index (κ2) is 7.16. The molecule has 0 saturated heterocycles.